The number of nitrogens with zero attached hydrogens (tertiary/aromatic N) is 2. The van der Waals surface area contributed by atoms with Gasteiger partial charge in [0.05, 0.1) is 11.4 Å². The first-order valence-electron chi connectivity index (χ1n) is 11.4. The molecule has 0 bridgehead atoms. The Balaban J connectivity index is 1.37. The highest BCUT2D eigenvalue weighted by molar-refractivity contribution is 7.89. The van der Waals surface area contributed by atoms with Crippen LogP contribution in [-0.4, -0.2) is 50.2 Å². The van der Waals surface area contributed by atoms with Gasteiger partial charge < -0.3 is 5.32 Å². The average Bonchev–Trinajstić information content (AvgIpc) is 2.83. The Morgan fingerprint density at radius 2 is 1.58 bits per heavy atom. The summed E-state index contributed by atoms with van der Waals surface area (Å²) >= 11 is 0. The van der Waals surface area contributed by atoms with Crippen molar-refractivity contribution in [2.45, 2.75) is 37.2 Å². The summed E-state index contributed by atoms with van der Waals surface area (Å²) in [6.07, 6.45) is 3.76. The third-order valence-electron chi connectivity index (χ3n) is 6.23. The molecule has 174 valence electrons. The Kier molecular flexibility index (Phi) is 7.42. The van der Waals surface area contributed by atoms with Gasteiger partial charge in [-0.15, -0.1) is 0 Å². The minimum atomic E-state index is -3.77. The van der Waals surface area contributed by atoms with Crippen LogP contribution in [0.15, 0.2) is 71.6 Å². The Labute approximate surface area is 196 Å². The van der Waals surface area contributed by atoms with Crippen LogP contribution in [0.5, 0.6) is 0 Å². The molecule has 1 aliphatic rings. The third kappa shape index (κ3) is 5.79. The van der Waals surface area contributed by atoms with E-state index < -0.39 is 10.0 Å². The van der Waals surface area contributed by atoms with Crippen LogP contribution >= 0.6 is 0 Å². The SMILES string of the molecule is CN(CC(=O)NCc1ccccc1CN1CCCCC1)S(=O)(=O)c1ccc2ccccc2c1. The highest BCUT2D eigenvalue weighted by Crippen LogP contribution is 2.21. The Morgan fingerprint density at radius 1 is 0.909 bits per heavy atom. The van der Waals surface area contributed by atoms with Gasteiger partial charge in [-0.25, -0.2) is 8.42 Å². The van der Waals surface area contributed by atoms with Crippen molar-refractivity contribution in [3.63, 3.8) is 0 Å². The lowest BCUT2D eigenvalue weighted by atomic mass is 10.0. The van der Waals surface area contributed by atoms with Crippen LogP contribution in [0.4, 0.5) is 0 Å². The lowest BCUT2D eigenvalue weighted by Crippen LogP contribution is -2.38. The van der Waals surface area contributed by atoms with Gasteiger partial charge in [-0.3, -0.25) is 9.69 Å². The highest BCUT2D eigenvalue weighted by Gasteiger charge is 2.23. The van der Waals surface area contributed by atoms with Crippen LogP contribution < -0.4 is 5.32 Å². The molecule has 0 atom stereocenters. The summed E-state index contributed by atoms with van der Waals surface area (Å²) in [5.74, 6) is -0.324. The van der Waals surface area contributed by atoms with Crippen molar-refractivity contribution >= 4 is 26.7 Å². The molecule has 1 N–H and O–H groups in total. The van der Waals surface area contributed by atoms with Crippen LogP contribution in [0.1, 0.15) is 30.4 Å². The van der Waals surface area contributed by atoms with Crippen molar-refractivity contribution < 1.29 is 13.2 Å². The number of rotatable bonds is 8. The van der Waals surface area contributed by atoms with Crippen LogP contribution in [0.25, 0.3) is 10.8 Å². The van der Waals surface area contributed by atoms with Gasteiger partial charge in [0.25, 0.3) is 0 Å². The molecule has 1 fully saturated rings. The minimum Gasteiger partial charge on any atom is -0.351 e. The van der Waals surface area contributed by atoms with Gasteiger partial charge in [0, 0.05) is 20.1 Å². The summed E-state index contributed by atoms with van der Waals surface area (Å²) in [5.41, 5.74) is 2.27. The number of hydrogen-bond donors (Lipinski definition) is 1. The first-order valence-corrected chi connectivity index (χ1v) is 12.9. The number of sulfonamides is 1. The second kappa shape index (κ2) is 10.5. The van der Waals surface area contributed by atoms with E-state index >= 15 is 0 Å². The van der Waals surface area contributed by atoms with Crippen LogP contribution in [0, 0.1) is 0 Å². The van der Waals surface area contributed by atoms with Crippen molar-refractivity contribution in [2.24, 2.45) is 0 Å². The van der Waals surface area contributed by atoms with Gasteiger partial charge in [-0.05, 0) is 60.0 Å². The van der Waals surface area contributed by atoms with E-state index in [0.717, 1.165) is 40.3 Å². The van der Waals surface area contributed by atoms with Crippen molar-refractivity contribution in [3.8, 4) is 0 Å². The fourth-order valence-corrected chi connectivity index (χ4v) is 5.45. The number of likely N-dealkylation sites (tertiary alicyclic amines) is 1. The van der Waals surface area contributed by atoms with E-state index in [4.69, 9.17) is 0 Å². The van der Waals surface area contributed by atoms with E-state index in [1.54, 1.807) is 18.2 Å². The summed E-state index contributed by atoms with van der Waals surface area (Å²) in [6.45, 7) is 3.24. The molecular weight excluding hydrogens is 434 g/mol. The van der Waals surface area contributed by atoms with Gasteiger partial charge in [0.1, 0.15) is 0 Å². The Hall–Kier alpha value is -2.74. The summed E-state index contributed by atoms with van der Waals surface area (Å²) in [6, 6.07) is 20.7. The normalized spacial score (nSPS) is 15.1. The monoisotopic (exact) mass is 465 g/mol. The fraction of sp³-hybridized carbons (Fsp3) is 0.346. The summed E-state index contributed by atoms with van der Waals surface area (Å²) < 4.78 is 27.1. The highest BCUT2D eigenvalue weighted by atomic mass is 32.2. The number of fused-ring (bicyclic) bond motifs is 1. The molecule has 1 saturated heterocycles. The smallest absolute Gasteiger partial charge is 0.243 e. The predicted octanol–water partition coefficient (Wildman–Crippen LogP) is 3.76. The standard InChI is InChI=1S/C26H31N3O3S/c1-28(33(31,32)25-14-13-21-9-3-4-10-22(21)17-25)20-26(30)27-18-23-11-5-6-12-24(23)19-29-15-7-2-8-16-29/h3-6,9-14,17H,2,7-8,15-16,18-20H2,1H3,(H,27,30). The van der Waals surface area contributed by atoms with E-state index in [1.165, 1.54) is 31.9 Å². The molecule has 0 unspecified atom stereocenters. The van der Waals surface area contributed by atoms with Crippen molar-refractivity contribution in [2.75, 3.05) is 26.7 Å². The van der Waals surface area contributed by atoms with Gasteiger partial charge in [0.2, 0.25) is 15.9 Å². The number of piperidine rings is 1. The van der Waals surface area contributed by atoms with E-state index in [1.807, 2.05) is 42.5 Å². The molecule has 0 saturated carbocycles. The van der Waals surface area contributed by atoms with Crippen LogP contribution in [0.2, 0.25) is 0 Å². The lowest BCUT2D eigenvalue weighted by Gasteiger charge is -2.27. The maximum atomic E-state index is 13.0. The van der Waals surface area contributed by atoms with Gasteiger partial charge in [-0.1, -0.05) is 61.0 Å². The number of nitrogens with one attached hydrogen (secondary N) is 1. The molecule has 4 rings (SSSR count). The first kappa shape index (κ1) is 23.4. The van der Waals surface area contributed by atoms with Crippen LogP contribution in [0.3, 0.4) is 0 Å². The molecule has 7 heteroatoms. The predicted molar refractivity (Wildman–Crippen MR) is 131 cm³/mol. The van der Waals surface area contributed by atoms with Crippen LogP contribution in [-0.2, 0) is 27.9 Å². The number of hydrogen-bond acceptors (Lipinski definition) is 4. The summed E-state index contributed by atoms with van der Waals surface area (Å²) in [5, 5.41) is 4.72. The van der Waals surface area contributed by atoms with Crippen molar-refractivity contribution in [3.05, 3.63) is 77.9 Å². The summed E-state index contributed by atoms with van der Waals surface area (Å²) in [4.78, 5) is 15.2. The largest absolute Gasteiger partial charge is 0.351 e. The topological polar surface area (TPSA) is 69.7 Å². The first-order chi connectivity index (χ1) is 15.9. The molecule has 33 heavy (non-hydrogen) atoms. The van der Waals surface area contributed by atoms with E-state index in [9.17, 15) is 13.2 Å². The van der Waals surface area contributed by atoms with Crippen molar-refractivity contribution in [1.82, 2.24) is 14.5 Å². The zero-order valence-electron chi connectivity index (χ0n) is 19.0. The molecule has 6 nitrogen and oxygen atoms in total. The number of amides is 1. The zero-order chi connectivity index (χ0) is 23.3. The van der Waals surface area contributed by atoms with Gasteiger partial charge in [0.15, 0.2) is 0 Å². The lowest BCUT2D eigenvalue weighted by molar-refractivity contribution is -0.121. The fourth-order valence-electron chi connectivity index (χ4n) is 4.29. The Morgan fingerprint density at radius 3 is 2.33 bits per heavy atom. The zero-order valence-corrected chi connectivity index (χ0v) is 19.9. The van der Waals surface area contributed by atoms with Crippen molar-refractivity contribution in [1.29, 1.82) is 0 Å². The molecule has 1 heterocycles. The van der Waals surface area contributed by atoms with E-state index in [2.05, 4.69) is 16.3 Å². The maximum Gasteiger partial charge on any atom is 0.243 e. The molecule has 0 spiro atoms. The quantitative estimate of drug-likeness (QED) is 0.550. The molecule has 0 aromatic heterocycles. The maximum absolute atomic E-state index is 13.0. The average molecular weight is 466 g/mol. The molecule has 0 aliphatic carbocycles. The molecule has 3 aromatic carbocycles. The molecular formula is C26H31N3O3S. The molecule has 3 aromatic rings. The number of benzene rings is 3. The van der Waals surface area contributed by atoms with Gasteiger partial charge in [-0.2, -0.15) is 4.31 Å². The minimum absolute atomic E-state index is 0.184. The number of carbonyl (C=O) groups excluding carboxylic acids is 1. The van der Waals surface area contributed by atoms with E-state index in [0.29, 0.717) is 6.54 Å². The molecule has 1 aliphatic heterocycles. The number of likely N-dealkylation sites (N-methyl/N-ethyl adjacent to an activating group) is 1. The third-order valence-corrected chi connectivity index (χ3v) is 8.03. The molecule has 1 amide bonds. The number of carbonyl (C=O) groups is 1. The second-order valence-corrected chi connectivity index (χ2v) is 10.7. The second-order valence-electron chi connectivity index (χ2n) is 8.65. The summed E-state index contributed by atoms with van der Waals surface area (Å²) in [7, 11) is -2.33. The Bertz CT molecular complexity index is 1220. The molecule has 0 radical (unpaired) electrons. The van der Waals surface area contributed by atoms with E-state index in [-0.39, 0.29) is 17.3 Å². The van der Waals surface area contributed by atoms with Gasteiger partial charge >= 0.3 is 0 Å².